The van der Waals surface area contributed by atoms with E-state index in [1.54, 1.807) is 11.1 Å². The largest absolute Gasteiger partial charge is 0.0693 e. The van der Waals surface area contributed by atoms with Crippen molar-refractivity contribution in [3.63, 3.8) is 0 Å². The van der Waals surface area contributed by atoms with Crippen LogP contribution in [-0.2, 0) is 6.42 Å². The van der Waals surface area contributed by atoms with Crippen molar-refractivity contribution in [2.45, 2.75) is 57.8 Å². The summed E-state index contributed by atoms with van der Waals surface area (Å²) in [6, 6.07) is 9.35. The molecule has 2 aliphatic carbocycles. The fourth-order valence-corrected chi connectivity index (χ4v) is 3.51. The van der Waals surface area contributed by atoms with Crippen LogP contribution in [0, 0.1) is 0 Å². The zero-order chi connectivity index (χ0) is 13.1. The Morgan fingerprint density at radius 2 is 1.89 bits per heavy atom. The number of hydrogen-bond donors (Lipinski definition) is 0. The molecule has 19 heavy (non-hydrogen) atoms. The van der Waals surface area contributed by atoms with Gasteiger partial charge >= 0.3 is 0 Å². The standard InChI is InChI=1S/C19H24/c1-15-10-11-17(12-15)13-16-6-5-9-19(14-16)18-7-3-2-4-8-18/h5-6,9-11,14,18H,2-4,7-8,12-13H2,1H3. The van der Waals surface area contributed by atoms with Gasteiger partial charge < -0.3 is 0 Å². The van der Waals surface area contributed by atoms with Gasteiger partial charge in [0.05, 0.1) is 0 Å². The van der Waals surface area contributed by atoms with E-state index in [-0.39, 0.29) is 0 Å². The van der Waals surface area contributed by atoms with Crippen molar-refractivity contribution >= 4 is 0 Å². The normalized spacial score (nSPS) is 20.3. The van der Waals surface area contributed by atoms with Gasteiger partial charge in [0.2, 0.25) is 0 Å². The van der Waals surface area contributed by atoms with E-state index in [9.17, 15) is 0 Å². The van der Waals surface area contributed by atoms with E-state index in [4.69, 9.17) is 0 Å². The third-order valence-corrected chi connectivity index (χ3v) is 4.57. The Morgan fingerprint density at radius 1 is 1.05 bits per heavy atom. The Morgan fingerprint density at radius 3 is 2.63 bits per heavy atom. The fraction of sp³-hybridized carbons (Fsp3) is 0.474. The maximum absolute atomic E-state index is 2.46. The van der Waals surface area contributed by atoms with E-state index in [0.717, 1.165) is 12.3 Å². The minimum atomic E-state index is 0.825. The second kappa shape index (κ2) is 5.77. The summed E-state index contributed by atoms with van der Waals surface area (Å²) < 4.78 is 0. The molecule has 1 aromatic carbocycles. The Labute approximate surface area is 117 Å². The van der Waals surface area contributed by atoms with Crippen LogP contribution in [0.3, 0.4) is 0 Å². The summed E-state index contributed by atoms with van der Waals surface area (Å²) in [5, 5.41) is 0. The molecule has 1 aromatic rings. The molecule has 0 bridgehead atoms. The molecule has 0 heterocycles. The molecule has 1 saturated carbocycles. The molecular formula is C19H24. The Hall–Kier alpha value is -1.30. The zero-order valence-corrected chi connectivity index (χ0v) is 12.0. The summed E-state index contributed by atoms with van der Waals surface area (Å²) in [7, 11) is 0. The highest BCUT2D eigenvalue weighted by atomic mass is 14.2. The molecule has 0 amide bonds. The molecule has 0 N–H and O–H groups in total. The molecule has 100 valence electrons. The van der Waals surface area contributed by atoms with Crippen LogP contribution in [0.5, 0.6) is 0 Å². The van der Waals surface area contributed by atoms with E-state index < -0.39 is 0 Å². The van der Waals surface area contributed by atoms with Crippen LogP contribution < -0.4 is 0 Å². The summed E-state index contributed by atoms with van der Waals surface area (Å²) in [5.74, 6) is 0.825. The topological polar surface area (TPSA) is 0 Å². The van der Waals surface area contributed by atoms with Gasteiger partial charge in [-0.1, -0.05) is 66.8 Å². The highest BCUT2D eigenvalue weighted by Gasteiger charge is 2.15. The molecule has 0 unspecified atom stereocenters. The molecule has 0 spiro atoms. The monoisotopic (exact) mass is 252 g/mol. The molecule has 0 radical (unpaired) electrons. The quantitative estimate of drug-likeness (QED) is 0.661. The van der Waals surface area contributed by atoms with Crippen molar-refractivity contribution in [3.8, 4) is 0 Å². The molecule has 2 aliphatic rings. The Bertz CT molecular complexity index is 499. The van der Waals surface area contributed by atoms with Crippen molar-refractivity contribution in [2.24, 2.45) is 0 Å². The van der Waals surface area contributed by atoms with Gasteiger partial charge in [-0.15, -0.1) is 0 Å². The molecule has 0 nitrogen and oxygen atoms in total. The molecule has 0 heteroatoms. The van der Waals surface area contributed by atoms with Crippen LogP contribution in [0.15, 0.2) is 47.6 Å². The third-order valence-electron chi connectivity index (χ3n) is 4.57. The van der Waals surface area contributed by atoms with Crippen LogP contribution in [0.2, 0.25) is 0 Å². The average molecular weight is 252 g/mol. The van der Waals surface area contributed by atoms with Crippen molar-refractivity contribution in [3.05, 3.63) is 58.7 Å². The first-order chi connectivity index (χ1) is 9.31. The molecule has 3 rings (SSSR count). The van der Waals surface area contributed by atoms with Gasteiger partial charge in [-0.25, -0.2) is 0 Å². The van der Waals surface area contributed by atoms with Gasteiger partial charge in [-0.3, -0.25) is 0 Å². The van der Waals surface area contributed by atoms with Gasteiger partial charge in [0.15, 0.2) is 0 Å². The first-order valence-electron chi connectivity index (χ1n) is 7.75. The van der Waals surface area contributed by atoms with Crippen LogP contribution >= 0.6 is 0 Å². The smallest absolute Gasteiger partial charge is 0.00607 e. The minimum absolute atomic E-state index is 0.825. The second-order valence-electron chi connectivity index (χ2n) is 6.27. The minimum Gasteiger partial charge on any atom is -0.0693 e. The Balaban J connectivity index is 1.69. The third kappa shape index (κ3) is 3.18. The van der Waals surface area contributed by atoms with Crippen molar-refractivity contribution in [2.75, 3.05) is 0 Å². The van der Waals surface area contributed by atoms with Gasteiger partial charge in [0, 0.05) is 0 Å². The van der Waals surface area contributed by atoms with Crippen LogP contribution in [0.25, 0.3) is 0 Å². The van der Waals surface area contributed by atoms with Crippen molar-refractivity contribution < 1.29 is 0 Å². The van der Waals surface area contributed by atoms with Crippen LogP contribution in [0.4, 0.5) is 0 Å². The molecular weight excluding hydrogens is 228 g/mol. The van der Waals surface area contributed by atoms with Gasteiger partial charge in [0.25, 0.3) is 0 Å². The first kappa shape index (κ1) is 12.7. The summed E-state index contributed by atoms with van der Waals surface area (Å²) in [6.07, 6.45) is 13.9. The highest BCUT2D eigenvalue weighted by Crippen LogP contribution is 2.33. The summed E-state index contributed by atoms with van der Waals surface area (Å²) in [5.41, 5.74) is 6.15. The zero-order valence-electron chi connectivity index (χ0n) is 12.0. The first-order valence-corrected chi connectivity index (χ1v) is 7.75. The number of allylic oxidation sites excluding steroid dienone is 4. The lowest BCUT2D eigenvalue weighted by molar-refractivity contribution is 0.443. The second-order valence-corrected chi connectivity index (χ2v) is 6.27. The van der Waals surface area contributed by atoms with Crippen molar-refractivity contribution in [1.82, 2.24) is 0 Å². The van der Waals surface area contributed by atoms with Crippen molar-refractivity contribution in [1.29, 1.82) is 0 Å². The number of benzene rings is 1. The lowest BCUT2D eigenvalue weighted by Crippen LogP contribution is -2.05. The van der Waals surface area contributed by atoms with Gasteiger partial charge in [0.1, 0.15) is 0 Å². The molecule has 0 saturated heterocycles. The van der Waals surface area contributed by atoms with Crippen LogP contribution in [-0.4, -0.2) is 0 Å². The summed E-state index contributed by atoms with van der Waals surface area (Å²) in [6.45, 7) is 2.22. The molecule has 0 aliphatic heterocycles. The van der Waals surface area contributed by atoms with E-state index in [1.165, 1.54) is 49.7 Å². The molecule has 1 fully saturated rings. The predicted molar refractivity (Wildman–Crippen MR) is 82.4 cm³/mol. The maximum atomic E-state index is 2.46. The lowest BCUT2D eigenvalue weighted by atomic mass is 9.83. The van der Waals surface area contributed by atoms with E-state index in [0.29, 0.717) is 0 Å². The maximum Gasteiger partial charge on any atom is -0.00607 e. The summed E-state index contributed by atoms with van der Waals surface area (Å²) >= 11 is 0. The molecule has 0 aromatic heterocycles. The lowest BCUT2D eigenvalue weighted by Gasteiger charge is -2.22. The Kier molecular flexibility index (Phi) is 3.87. The number of rotatable bonds is 3. The van der Waals surface area contributed by atoms with E-state index in [2.05, 4.69) is 43.3 Å². The van der Waals surface area contributed by atoms with E-state index >= 15 is 0 Å². The van der Waals surface area contributed by atoms with E-state index in [1.807, 2.05) is 0 Å². The van der Waals surface area contributed by atoms with Gasteiger partial charge in [-0.05, 0) is 49.7 Å². The highest BCUT2D eigenvalue weighted by molar-refractivity contribution is 5.35. The molecule has 0 atom stereocenters. The fourth-order valence-electron chi connectivity index (χ4n) is 3.51. The van der Waals surface area contributed by atoms with Crippen LogP contribution in [0.1, 0.15) is 62.5 Å². The SMILES string of the molecule is CC1=CC=C(Cc2cccc(C3CCCCC3)c2)C1. The summed E-state index contributed by atoms with van der Waals surface area (Å²) in [4.78, 5) is 0. The number of hydrogen-bond acceptors (Lipinski definition) is 0. The van der Waals surface area contributed by atoms with Gasteiger partial charge in [-0.2, -0.15) is 0 Å². The predicted octanol–water partition coefficient (Wildman–Crippen LogP) is 5.55. The average Bonchev–Trinajstić information content (AvgIpc) is 2.85.